The maximum atomic E-state index is 13.1. The quantitative estimate of drug-likeness (QED) is 0.142. The highest BCUT2D eigenvalue weighted by Crippen LogP contribution is 2.19. The number of aliphatic hydroxyl groups excluding tert-OH is 1. The molecule has 39 heavy (non-hydrogen) atoms. The third-order valence-corrected chi connectivity index (χ3v) is 6.35. The predicted molar refractivity (Wildman–Crippen MR) is 142 cm³/mol. The van der Waals surface area contributed by atoms with Gasteiger partial charge >= 0.3 is 5.97 Å². The number of fused-ring (bicyclic) bond motifs is 1. The topological polar surface area (TPSA) is 215 Å². The molecule has 0 spiro atoms. The van der Waals surface area contributed by atoms with Crippen molar-refractivity contribution in [3.63, 3.8) is 0 Å². The van der Waals surface area contributed by atoms with Gasteiger partial charge in [0.15, 0.2) is 0 Å². The summed E-state index contributed by atoms with van der Waals surface area (Å²) in [6.07, 6.45) is 3.44. The standard InChI is InChI=1S/C26H35N7O6/c1-13(2)21(24(36)31-20(26(38)39)9-16-11-28-12-30-16)32-25(37)22(14(3)34)33-23(35)18(27)8-15-10-29-19-7-5-4-6-17(15)19/h4-7,10-14,18,20-22,29,34H,8-9,27H2,1-3H3,(H,28,30)(H,31,36)(H,32,37)(H,33,35)(H,38,39). The van der Waals surface area contributed by atoms with E-state index in [4.69, 9.17) is 5.73 Å². The third-order valence-electron chi connectivity index (χ3n) is 6.35. The molecule has 0 aliphatic rings. The van der Waals surface area contributed by atoms with E-state index in [1.165, 1.54) is 19.4 Å². The molecule has 1 aromatic carbocycles. The lowest BCUT2D eigenvalue weighted by atomic mass is 10.0. The van der Waals surface area contributed by atoms with Crippen LogP contribution in [0.2, 0.25) is 0 Å². The van der Waals surface area contributed by atoms with Gasteiger partial charge in [0.2, 0.25) is 17.7 Å². The molecule has 13 heteroatoms. The van der Waals surface area contributed by atoms with Crippen LogP contribution in [0.25, 0.3) is 10.9 Å². The number of aliphatic carboxylic acids is 1. The van der Waals surface area contributed by atoms with Gasteiger partial charge in [0, 0.05) is 35.4 Å². The molecule has 0 saturated heterocycles. The Morgan fingerprint density at radius 1 is 0.949 bits per heavy atom. The highest BCUT2D eigenvalue weighted by atomic mass is 16.4. The lowest BCUT2D eigenvalue weighted by molar-refractivity contribution is -0.142. The number of nitrogens with one attached hydrogen (secondary N) is 5. The van der Waals surface area contributed by atoms with Gasteiger partial charge in [0.1, 0.15) is 18.1 Å². The number of carboxylic acid groups (broad SMARTS) is 1. The SMILES string of the molecule is CC(C)C(NC(=O)C(NC(=O)C(N)Cc1c[nH]c2ccccc12)C(C)O)C(=O)NC(Cc1cnc[nH]1)C(=O)O. The van der Waals surface area contributed by atoms with E-state index in [2.05, 4.69) is 30.9 Å². The third kappa shape index (κ3) is 7.65. The Kier molecular flexibility index (Phi) is 9.79. The summed E-state index contributed by atoms with van der Waals surface area (Å²) in [5.41, 5.74) is 8.35. The van der Waals surface area contributed by atoms with Crippen molar-refractivity contribution in [1.29, 1.82) is 0 Å². The second-order valence-electron chi connectivity index (χ2n) is 9.81. The zero-order valence-corrected chi connectivity index (χ0v) is 22.0. The number of para-hydroxylation sites is 1. The van der Waals surface area contributed by atoms with Crippen molar-refractivity contribution in [2.45, 2.75) is 63.9 Å². The van der Waals surface area contributed by atoms with Gasteiger partial charge in [-0.15, -0.1) is 0 Å². The minimum Gasteiger partial charge on any atom is -0.480 e. The van der Waals surface area contributed by atoms with Crippen molar-refractivity contribution in [1.82, 2.24) is 30.9 Å². The zero-order valence-electron chi connectivity index (χ0n) is 22.0. The lowest BCUT2D eigenvalue weighted by Gasteiger charge is -2.28. The van der Waals surface area contributed by atoms with Crippen LogP contribution in [0.4, 0.5) is 0 Å². The average Bonchev–Trinajstić information content (AvgIpc) is 3.54. The van der Waals surface area contributed by atoms with Gasteiger partial charge in [-0.3, -0.25) is 14.4 Å². The van der Waals surface area contributed by atoms with Gasteiger partial charge in [-0.2, -0.15) is 0 Å². The summed E-state index contributed by atoms with van der Waals surface area (Å²) in [4.78, 5) is 60.4. The molecule has 13 nitrogen and oxygen atoms in total. The molecule has 0 aliphatic carbocycles. The van der Waals surface area contributed by atoms with Gasteiger partial charge in [-0.25, -0.2) is 9.78 Å². The normalized spacial score (nSPS) is 15.2. The molecule has 2 heterocycles. The number of carboxylic acids is 1. The number of carbonyl (C=O) groups is 4. The molecule has 9 N–H and O–H groups in total. The summed E-state index contributed by atoms with van der Waals surface area (Å²) < 4.78 is 0. The molecule has 5 unspecified atom stereocenters. The Morgan fingerprint density at radius 3 is 2.23 bits per heavy atom. The number of imidazole rings is 1. The first-order valence-electron chi connectivity index (χ1n) is 12.6. The summed E-state index contributed by atoms with van der Waals surface area (Å²) in [7, 11) is 0. The Morgan fingerprint density at radius 2 is 1.62 bits per heavy atom. The highest BCUT2D eigenvalue weighted by Gasteiger charge is 2.34. The molecule has 0 bridgehead atoms. The van der Waals surface area contributed by atoms with Crippen molar-refractivity contribution in [3.8, 4) is 0 Å². The van der Waals surface area contributed by atoms with Crippen LogP contribution >= 0.6 is 0 Å². The van der Waals surface area contributed by atoms with Crippen molar-refractivity contribution in [3.05, 3.63) is 54.2 Å². The molecule has 0 fully saturated rings. The van der Waals surface area contributed by atoms with E-state index in [-0.39, 0.29) is 12.8 Å². The van der Waals surface area contributed by atoms with Crippen LogP contribution in [0.1, 0.15) is 32.0 Å². The fourth-order valence-electron chi connectivity index (χ4n) is 4.15. The zero-order chi connectivity index (χ0) is 28.7. The van der Waals surface area contributed by atoms with E-state index in [0.29, 0.717) is 5.69 Å². The van der Waals surface area contributed by atoms with E-state index in [9.17, 15) is 29.4 Å². The summed E-state index contributed by atoms with van der Waals surface area (Å²) in [5.74, 6) is -3.89. The first kappa shape index (κ1) is 29.3. The number of aromatic nitrogens is 3. The Bertz CT molecular complexity index is 1290. The Balaban J connectivity index is 1.65. The molecule has 3 rings (SSSR count). The molecule has 2 aromatic heterocycles. The van der Waals surface area contributed by atoms with Gasteiger partial charge < -0.3 is 41.9 Å². The van der Waals surface area contributed by atoms with E-state index in [1.54, 1.807) is 20.0 Å². The van der Waals surface area contributed by atoms with Gasteiger partial charge in [-0.1, -0.05) is 32.0 Å². The molecule has 0 radical (unpaired) electrons. The summed E-state index contributed by atoms with van der Waals surface area (Å²) in [6, 6.07) is 2.73. The van der Waals surface area contributed by atoms with Crippen LogP contribution in [0, 0.1) is 5.92 Å². The second-order valence-corrected chi connectivity index (χ2v) is 9.81. The number of rotatable bonds is 13. The van der Waals surface area contributed by atoms with E-state index < -0.39 is 59.9 Å². The first-order chi connectivity index (χ1) is 18.5. The van der Waals surface area contributed by atoms with Crippen LogP contribution in [0.5, 0.6) is 0 Å². The van der Waals surface area contributed by atoms with Crippen LogP contribution in [0.3, 0.4) is 0 Å². The van der Waals surface area contributed by atoms with E-state index in [1.807, 2.05) is 24.3 Å². The molecular formula is C26H35N7O6. The number of carbonyl (C=O) groups excluding carboxylic acids is 3. The number of aliphatic hydroxyl groups is 1. The molecule has 210 valence electrons. The predicted octanol–water partition coefficient (Wildman–Crippen LogP) is -0.421. The summed E-state index contributed by atoms with van der Waals surface area (Å²) in [5, 5.41) is 28.2. The van der Waals surface area contributed by atoms with E-state index >= 15 is 0 Å². The molecular weight excluding hydrogens is 506 g/mol. The number of H-pyrrole nitrogens is 2. The Labute approximate surface area is 225 Å². The lowest BCUT2D eigenvalue weighted by Crippen LogP contribution is -2.61. The van der Waals surface area contributed by atoms with Crippen LogP contribution < -0.4 is 21.7 Å². The Hall–Kier alpha value is -4.23. The summed E-state index contributed by atoms with van der Waals surface area (Å²) >= 11 is 0. The number of benzene rings is 1. The molecule has 0 saturated carbocycles. The number of hydrogen-bond acceptors (Lipinski definition) is 7. The number of amides is 3. The van der Waals surface area contributed by atoms with Crippen LogP contribution in [0.15, 0.2) is 43.0 Å². The average molecular weight is 542 g/mol. The van der Waals surface area contributed by atoms with Crippen molar-refractivity contribution in [2.75, 3.05) is 0 Å². The van der Waals surface area contributed by atoms with Gasteiger partial charge in [0.05, 0.1) is 18.5 Å². The van der Waals surface area contributed by atoms with Crippen molar-refractivity contribution in [2.24, 2.45) is 11.7 Å². The minimum absolute atomic E-state index is 0.0412. The smallest absolute Gasteiger partial charge is 0.326 e. The molecule has 5 atom stereocenters. The minimum atomic E-state index is -1.40. The van der Waals surface area contributed by atoms with Gasteiger partial charge in [0.25, 0.3) is 0 Å². The first-order valence-corrected chi connectivity index (χ1v) is 12.6. The molecule has 3 aromatic rings. The highest BCUT2D eigenvalue weighted by molar-refractivity contribution is 5.94. The maximum absolute atomic E-state index is 13.1. The summed E-state index contributed by atoms with van der Waals surface area (Å²) in [6.45, 7) is 4.66. The molecule has 0 aliphatic heterocycles. The number of hydrogen-bond donors (Lipinski definition) is 8. The maximum Gasteiger partial charge on any atom is 0.326 e. The van der Waals surface area contributed by atoms with Crippen LogP contribution in [-0.4, -0.2) is 79.1 Å². The van der Waals surface area contributed by atoms with Crippen molar-refractivity contribution < 1.29 is 29.4 Å². The number of nitrogens with two attached hydrogens (primary N) is 1. The van der Waals surface area contributed by atoms with Crippen molar-refractivity contribution >= 4 is 34.6 Å². The number of nitrogens with zero attached hydrogens (tertiary/aromatic N) is 1. The van der Waals surface area contributed by atoms with E-state index in [0.717, 1.165) is 16.5 Å². The molecule has 3 amide bonds. The fraction of sp³-hybridized carbons (Fsp3) is 0.423. The fourth-order valence-corrected chi connectivity index (χ4v) is 4.15. The largest absolute Gasteiger partial charge is 0.480 e. The van der Waals surface area contributed by atoms with Gasteiger partial charge in [-0.05, 0) is 30.9 Å². The monoisotopic (exact) mass is 541 g/mol. The number of aromatic amines is 2. The van der Waals surface area contributed by atoms with Crippen LogP contribution in [-0.2, 0) is 32.0 Å². The second kappa shape index (κ2) is 13.0.